The molecule has 23 heavy (non-hydrogen) atoms. The number of nitrogens with zero attached hydrogens (tertiary/aromatic N) is 2. The van der Waals surface area contributed by atoms with E-state index in [2.05, 4.69) is 10.3 Å². The van der Waals surface area contributed by atoms with E-state index in [0.29, 0.717) is 37.3 Å². The number of halogens is 4. The van der Waals surface area contributed by atoms with Gasteiger partial charge in [0.2, 0.25) is 0 Å². The fourth-order valence-electron chi connectivity index (χ4n) is 2.99. The average molecular weight is 344 g/mol. The van der Waals surface area contributed by atoms with Crippen LogP contribution in [0.2, 0.25) is 5.15 Å². The van der Waals surface area contributed by atoms with E-state index in [9.17, 15) is 13.2 Å². The smallest absolute Gasteiger partial charge is 0.314 e. The van der Waals surface area contributed by atoms with E-state index in [1.165, 1.54) is 0 Å². The Labute approximate surface area is 137 Å². The zero-order chi connectivity index (χ0) is 16.4. The first kappa shape index (κ1) is 16.5. The van der Waals surface area contributed by atoms with Gasteiger partial charge in [0, 0.05) is 43.2 Å². The molecule has 2 heterocycles. The summed E-state index contributed by atoms with van der Waals surface area (Å²) in [4.78, 5) is 6.11. The molecule has 7 heteroatoms. The number of pyridine rings is 1. The molecule has 0 spiro atoms. The lowest BCUT2D eigenvalue weighted by Gasteiger charge is -2.36. The highest BCUT2D eigenvalue weighted by atomic mass is 35.5. The average Bonchev–Trinajstić information content (AvgIpc) is 2.52. The van der Waals surface area contributed by atoms with Crippen LogP contribution in [-0.4, -0.2) is 42.2 Å². The van der Waals surface area contributed by atoms with Gasteiger partial charge in [0.25, 0.3) is 0 Å². The van der Waals surface area contributed by atoms with Crippen LogP contribution in [0.3, 0.4) is 0 Å². The van der Waals surface area contributed by atoms with Gasteiger partial charge < -0.3 is 5.32 Å². The third-order valence-electron chi connectivity index (χ3n) is 4.08. The summed E-state index contributed by atoms with van der Waals surface area (Å²) in [5, 5.41) is 4.11. The number of piperazine rings is 1. The normalized spacial score (nSPS) is 18.3. The number of rotatable bonds is 3. The molecule has 1 aliphatic rings. The van der Waals surface area contributed by atoms with Gasteiger partial charge in [-0.25, -0.2) is 4.98 Å². The first-order chi connectivity index (χ1) is 10.9. The summed E-state index contributed by atoms with van der Waals surface area (Å²) in [6.45, 7) is 2.47. The minimum Gasteiger partial charge on any atom is -0.314 e. The highest BCUT2D eigenvalue weighted by Crippen LogP contribution is 2.37. The Kier molecular flexibility index (Phi) is 4.75. The molecule has 0 saturated carbocycles. The number of fused-ring (bicyclic) bond motifs is 1. The largest absolute Gasteiger partial charge is 0.390 e. The van der Waals surface area contributed by atoms with Crippen LogP contribution in [0.1, 0.15) is 18.0 Å². The molecule has 0 bridgehead atoms. The Bertz CT molecular complexity index is 684. The predicted octanol–water partition coefficient (Wildman–Crippen LogP) is 3.79. The van der Waals surface area contributed by atoms with Crippen molar-refractivity contribution in [1.82, 2.24) is 15.2 Å². The first-order valence-electron chi connectivity index (χ1n) is 7.51. The van der Waals surface area contributed by atoms with E-state index in [1.807, 2.05) is 23.1 Å². The van der Waals surface area contributed by atoms with E-state index >= 15 is 0 Å². The molecule has 1 fully saturated rings. The van der Waals surface area contributed by atoms with Crippen molar-refractivity contribution >= 4 is 22.5 Å². The minimum atomic E-state index is -4.26. The maximum absolute atomic E-state index is 13.1. The number of aromatic nitrogens is 1. The van der Waals surface area contributed by atoms with Crippen LogP contribution in [-0.2, 0) is 0 Å². The summed E-state index contributed by atoms with van der Waals surface area (Å²) in [6, 6.07) is 8.24. The summed E-state index contributed by atoms with van der Waals surface area (Å²) >= 11 is 6.23. The second-order valence-electron chi connectivity index (χ2n) is 5.68. The lowest BCUT2D eigenvalue weighted by molar-refractivity contribution is -0.148. The van der Waals surface area contributed by atoms with Gasteiger partial charge in [0.1, 0.15) is 5.15 Å². The number of hydrogen-bond acceptors (Lipinski definition) is 3. The van der Waals surface area contributed by atoms with Crippen molar-refractivity contribution in [2.75, 3.05) is 26.2 Å². The van der Waals surface area contributed by atoms with Crippen LogP contribution in [0.25, 0.3) is 10.9 Å². The van der Waals surface area contributed by atoms with Gasteiger partial charge in [-0.15, -0.1) is 0 Å². The van der Waals surface area contributed by atoms with Crippen molar-refractivity contribution < 1.29 is 13.2 Å². The number of nitrogens with one attached hydrogen (secondary N) is 1. The number of alkyl halides is 3. The SMILES string of the molecule is FC(F)(F)C[C@H](c1cc2ccccc2nc1Cl)N1CCNCC1. The van der Waals surface area contributed by atoms with Crippen LogP contribution in [0, 0.1) is 0 Å². The summed E-state index contributed by atoms with van der Waals surface area (Å²) in [5.74, 6) is 0. The first-order valence-corrected chi connectivity index (χ1v) is 7.88. The molecule has 1 atom stereocenters. The summed E-state index contributed by atoms with van der Waals surface area (Å²) < 4.78 is 39.3. The lowest BCUT2D eigenvalue weighted by atomic mass is 10.0. The fraction of sp³-hybridized carbons (Fsp3) is 0.438. The second kappa shape index (κ2) is 6.63. The van der Waals surface area contributed by atoms with Crippen LogP contribution in [0.15, 0.2) is 30.3 Å². The van der Waals surface area contributed by atoms with E-state index < -0.39 is 18.6 Å². The molecule has 0 amide bonds. The zero-order valence-corrected chi connectivity index (χ0v) is 13.2. The highest BCUT2D eigenvalue weighted by molar-refractivity contribution is 6.30. The summed E-state index contributed by atoms with van der Waals surface area (Å²) in [5.41, 5.74) is 1.14. The number of hydrogen-bond donors (Lipinski definition) is 1. The molecule has 1 saturated heterocycles. The van der Waals surface area contributed by atoms with Crippen molar-refractivity contribution in [3.8, 4) is 0 Å². The topological polar surface area (TPSA) is 28.2 Å². The van der Waals surface area contributed by atoms with E-state index in [4.69, 9.17) is 11.6 Å². The molecule has 1 aromatic heterocycles. The van der Waals surface area contributed by atoms with Gasteiger partial charge in [-0.3, -0.25) is 4.90 Å². The third-order valence-corrected chi connectivity index (χ3v) is 4.38. The number of benzene rings is 1. The number of para-hydroxylation sites is 1. The van der Waals surface area contributed by atoms with Gasteiger partial charge in [0.05, 0.1) is 11.9 Å². The Morgan fingerprint density at radius 3 is 2.61 bits per heavy atom. The highest BCUT2D eigenvalue weighted by Gasteiger charge is 2.37. The summed E-state index contributed by atoms with van der Waals surface area (Å²) in [7, 11) is 0. The quantitative estimate of drug-likeness (QED) is 0.859. The zero-order valence-electron chi connectivity index (χ0n) is 12.4. The molecule has 1 N–H and O–H groups in total. The Morgan fingerprint density at radius 1 is 1.22 bits per heavy atom. The molecule has 0 radical (unpaired) electrons. The third kappa shape index (κ3) is 3.94. The molecular weight excluding hydrogens is 327 g/mol. The summed E-state index contributed by atoms with van der Waals surface area (Å²) in [6.07, 6.45) is -5.18. The lowest BCUT2D eigenvalue weighted by Crippen LogP contribution is -2.46. The molecule has 2 aromatic rings. The van der Waals surface area contributed by atoms with Crippen molar-refractivity contribution in [2.24, 2.45) is 0 Å². The van der Waals surface area contributed by atoms with E-state index in [1.54, 1.807) is 12.1 Å². The molecule has 1 aromatic carbocycles. The second-order valence-corrected chi connectivity index (χ2v) is 6.04. The monoisotopic (exact) mass is 343 g/mol. The van der Waals surface area contributed by atoms with Crippen LogP contribution in [0.5, 0.6) is 0 Å². The molecule has 0 aliphatic carbocycles. The Balaban J connectivity index is 2.02. The fourth-order valence-corrected chi connectivity index (χ4v) is 3.26. The van der Waals surface area contributed by atoms with Gasteiger partial charge in [-0.2, -0.15) is 13.2 Å². The van der Waals surface area contributed by atoms with Gasteiger partial charge in [-0.05, 0) is 12.1 Å². The Hall–Kier alpha value is -1.37. The standard InChI is InChI=1S/C16H17ClF3N3/c17-15-12(9-11-3-1-2-4-13(11)22-15)14(10-16(18,19)20)23-7-5-21-6-8-23/h1-4,9,14,21H,5-8,10H2/t14-/m1/s1. The molecule has 0 unspecified atom stereocenters. The van der Waals surface area contributed by atoms with Crippen molar-refractivity contribution in [1.29, 1.82) is 0 Å². The van der Waals surface area contributed by atoms with Crippen molar-refractivity contribution in [3.05, 3.63) is 41.0 Å². The van der Waals surface area contributed by atoms with Gasteiger partial charge >= 0.3 is 6.18 Å². The molecule has 1 aliphatic heterocycles. The minimum absolute atomic E-state index is 0.150. The van der Waals surface area contributed by atoms with Gasteiger partial charge in [-0.1, -0.05) is 29.8 Å². The van der Waals surface area contributed by atoms with Crippen LogP contribution >= 0.6 is 11.6 Å². The maximum Gasteiger partial charge on any atom is 0.390 e. The molecule has 3 rings (SSSR count). The van der Waals surface area contributed by atoms with Crippen LogP contribution in [0.4, 0.5) is 13.2 Å². The predicted molar refractivity (Wildman–Crippen MR) is 84.6 cm³/mol. The van der Waals surface area contributed by atoms with Crippen molar-refractivity contribution in [2.45, 2.75) is 18.6 Å². The Morgan fingerprint density at radius 2 is 1.91 bits per heavy atom. The van der Waals surface area contributed by atoms with E-state index in [-0.39, 0.29) is 5.15 Å². The van der Waals surface area contributed by atoms with Crippen LogP contribution < -0.4 is 5.32 Å². The molecule has 124 valence electrons. The molecule has 3 nitrogen and oxygen atoms in total. The van der Waals surface area contributed by atoms with Crippen molar-refractivity contribution in [3.63, 3.8) is 0 Å². The maximum atomic E-state index is 13.1. The van der Waals surface area contributed by atoms with Gasteiger partial charge in [0.15, 0.2) is 0 Å². The van der Waals surface area contributed by atoms with E-state index in [0.717, 1.165) is 5.39 Å². The molecular formula is C16H17ClF3N3.